The topological polar surface area (TPSA) is 135 Å². The van der Waals surface area contributed by atoms with Gasteiger partial charge in [0.05, 0.1) is 23.7 Å². The number of hydrogen-bond acceptors (Lipinski definition) is 7. The number of rotatable bonds is 1. The van der Waals surface area contributed by atoms with E-state index >= 15 is 0 Å². The molecule has 9 nitrogen and oxygen atoms in total. The molecule has 1 saturated carbocycles. The quantitative estimate of drug-likeness (QED) is 0.347. The summed E-state index contributed by atoms with van der Waals surface area (Å²) in [7, 11) is 0. The largest absolute Gasteiger partial charge is 0.508 e. The number of aromatic hydroxyl groups is 1. The van der Waals surface area contributed by atoms with E-state index in [-0.39, 0.29) is 33.7 Å². The molecule has 2 aliphatic heterocycles. The Morgan fingerprint density at radius 2 is 1.50 bits per heavy atom. The summed E-state index contributed by atoms with van der Waals surface area (Å²) in [5.74, 6) is -7.68. The Morgan fingerprint density at radius 3 is 2.17 bits per heavy atom. The van der Waals surface area contributed by atoms with Crippen molar-refractivity contribution in [2.45, 2.75) is 18.8 Å². The Labute approximate surface area is 175 Å². The average Bonchev–Trinajstić information content (AvgIpc) is 3.07. The number of phenols is 1. The number of amides is 4. The number of hydroxylamine groups is 4. The maximum absolute atomic E-state index is 12.7. The van der Waals surface area contributed by atoms with Crippen molar-refractivity contribution >= 4 is 35.2 Å². The van der Waals surface area contributed by atoms with Crippen molar-refractivity contribution in [3.05, 3.63) is 40.4 Å². The van der Waals surface area contributed by atoms with E-state index in [2.05, 4.69) is 0 Å². The van der Waals surface area contributed by atoms with Crippen LogP contribution in [0.4, 0.5) is 0 Å². The Kier molecular flexibility index (Phi) is 4.08. The summed E-state index contributed by atoms with van der Waals surface area (Å²) in [6.45, 7) is 0. The first-order valence-electron chi connectivity index (χ1n) is 9.54. The van der Waals surface area contributed by atoms with Crippen LogP contribution >= 0.6 is 11.6 Å². The van der Waals surface area contributed by atoms with Crippen LogP contribution in [-0.4, -0.2) is 49.3 Å². The van der Waals surface area contributed by atoms with Crippen molar-refractivity contribution in [3.63, 3.8) is 0 Å². The molecule has 3 N–H and O–H groups in total. The van der Waals surface area contributed by atoms with Gasteiger partial charge in [-0.1, -0.05) is 29.3 Å². The van der Waals surface area contributed by atoms with Crippen LogP contribution in [-0.2, 0) is 19.2 Å². The van der Waals surface area contributed by atoms with Gasteiger partial charge in [0, 0.05) is 10.9 Å². The molecule has 2 heterocycles. The molecule has 156 valence electrons. The third kappa shape index (κ3) is 2.36. The first-order chi connectivity index (χ1) is 14.2. The molecule has 3 fully saturated rings. The number of carbonyl (C=O) groups excluding carboxylic acids is 4. The number of hydrogen-bond donors (Lipinski definition) is 3. The fourth-order valence-electron chi connectivity index (χ4n) is 5.67. The molecule has 4 aliphatic rings. The van der Waals surface area contributed by atoms with Gasteiger partial charge in [-0.25, -0.2) is 0 Å². The molecule has 4 amide bonds. The Bertz CT molecular complexity index is 1050. The maximum atomic E-state index is 12.7. The fraction of sp³-hybridized carbons (Fsp3) is 0.400. The van der Waals surface area contributed by atoms with Gasteiger partial charge >= 0.3 is 0 Å². The first kappa shape index (κ1) is 19.2. The molecule has 6 atom stereocenters. The van der Waals surface area contributed by atoms with E-state index in [1.165, 1.54) is 12.1 Å². The minimum Gasteiger partial charge on any atom is -0.508 e. The molecule has 0 bridgehead atoms. The monoisotopic (exact) mass is 432 g/mol. The van der Waals surface area contributed by atoms with Crippen molar-refractivity contribution in [1.29, 1.82) is 0 Å². The van der Waals surface area contributed by atoms with Crippen LogP contribution in [0.3, 0.4) is 0 Å². The summed E-state index contributed by atoms with van der Waals surface area (Å²) < 4.78 is 0. The molecule has 30 heavy (non-hydrogen) atoms. The lowest BCUT2D eigenvalue weighted by Gasteiger charge is -2.44. The van der Waals surface area contributed by atoms with E-state index < -0.39 is 59.1 Å². The van der Waals surface area contributed by atoms with Gasteiger partial charge in [-0.15, -0.1) is 0 Å². The Morgan fingerprint density at radius 1 is 0.867 bits per heavy atom. The molecule has 5 rings (SSSR count). The van der Waals surface area contributed by atoms with E-state index in [1.54, 1.807) is 12.1 Å². The number of imide groups is 2. The molecule has 1 aromatic rings. The van der Waals surface area contributed by atoms with Crippen LogP contribution in [0.5, 0.6) is 5.75 Å². The van der Waals surface area contributed by atoms with Gasteiger partial charge in [0.1, 0.15) is 5.75 Å². The van der Waals surface area contributed by atoms with Crippen LogP contribution in [0, 0.1) is 29.6 Å². The van der Waals surface area contributed by atoms with E-state index in [1.807, 2.05) is 0 Å². The minimum absolute atomic E-state index is 0.0737. The zero-order valence-electron chi connectivity index (χ0n) is 15.4. The van der Waals surface area contributed by atoms with Crippen LogP contribution in [0.15, 0.2) is 29.8 Å². The lowest BCUT2D eigenvalue weighted by atomic mass is 9.57. The van der Waals surface area contributed by atoms with Crippen molar-refractivity contribution < 1.29 is 34.7 Å². The lowest BCUT2D eigenvalue weighted by Crippen LogP contribution is -2.43. The normalized spacial score (nSPS) is 35.4. The fourth-order valence-corrected chi connectivity index (χ4v) is 5.96. The summed E-state index contributed by atoms with van der Waals surface area (Å²) in [4.78, 5) is 50.2. The first-order valence-corrected chi connectivity index (χ1v) is 9.92. The zero-order valence-corrected chi connectivity index (χ0v) is 16.2. The highest BCUT2D eigenvalue weighted by molar-refractivity contribution is 6.31. The van der Waals surface area contributed by atoms with Crippen LogP contribution in [0.1, 0.15) is 24.3 Å². The number of nitrogens with zero attached hydrogens (tertiary/aromatic N) is 2. The van der Waals surface area contributed by atoms with Crippen molar-refractivity contribution in [2.75, 3.05) is 0 Å². The Balaban J connectivity index is 1.68. The number of fused-ring (bicyclic) bond motifs is 4. The van der Waals surface area contributed by atoms with Gasteiger partial charge in [-0.3, -0.25) is 29.6 Å². The van der Waals surface area contributed by atoms with E-state index in [0.717, 1.165) is 0 Å². The number of halogens is 1. The molecule has 2 aliphatic carbocycles. The average molecular weight is 433 g/mol. The van der Waals surface area contributed by atoms with Crippen molar-refractivity contribution in [2.24, 2.45) is 29.6 Å². The molecule has 0 unspecified atom stereocenters. The second-order valence-corrected chi connectivity index (χ2v) is 8.61. The molecule has 0 radical (unpaired) electrons. The predicted molar refractivity (Wildman–Crippen MR) is 97.9 cm³/mol. The van der Waals surface area contributed by atoms with Gasteiger partial charge in [-0.05, 0) is 36.5 Å². The van der Waals surface area contributed by atoms with Crippen LogP contribution in [0.2, 0.25) is 5.02 Å². The second-order valence-electron chi connectivity index (χ2n) is 8.21. The molecule has 0 spiro atoms. The van der Waals surface area contributed by atoms with Gasteiger partial charge in [-0.2, -0.15) is 10.1 Å². The summed E-state index contributed by atoms with van der Waals surface area (Å²) >= 11 is 6.36. The summed E-state index contributed by atoms with van der Waals surface area (Å²) in [5.41, 5.74) is 1.16. The van der Waals surface area contributed by atoms with Crippen molar-refractivity contribution in [1.82, 2.24) is 10.1 Å². The molecular weight excluding hydrogens is 416 g/mol. The summed E-state index contributed by atoms with van der Waals surface area (Å²) in [6, 6.07) is 4.27. The maximum Gasteiger partial charge on any atom is 0.258 e. The van der Waals surface area contributed by atoms with E-state index in [9.17, 15) is 34.7 Å². The zero-order chi connectivity index (χ0) is 21.5. The number of allylic oxidation sites excluding steroid dienone is 2. The van der Waals surface area contributed by atoms with Crippen LogP contribution < -0.4 is 0 Å². The van der Waals surface area contributed by atoms with E-state index in [0.29, 0.717) is 11.1 Å². The SMILES string of the molecule is O=C1[C@H]2[C@H](CC=C3[C@H]2C[C@H]2C(=O)N(O)C(=O)[C@H]2[C@H]3c2ccc(O)cc2Cl)C(=O)N1O. The predicted octanol–water partition coefficient (Wildman–Crippen LogP) is 1.46. The molecule has 10 heteroatoms. The summed E-state index contributed by atoms with van der Waals surface area (Å²) in [5, 5.41) is 30.0. The minimum atomic E-state index is -0.916. The number of phenolic OH excluding ortho intramolecular Hbond substituents is 1. The van der Waals surface area contributed by atoms with Gasteiger partial charge in [0.2, 0.25) is 0 Å². The molecule has 2 saturated heterocycles. The third-order valence-corrected chi connectivity index (χ3v) is 7.25. The molecule has 1 aromatic carbocycles. The summed E-state index contributed by atoms with van der Waals surface area (Å²) in [6.07, 6.45) is 2.07. The molecule has 0 aromatic heterocycles. The third-order valence-electron chi connectivity index (χ3n) is 6.92. The highest BCUT2D eigenvalue weighted by Gasteiger charge is 2.62. The van der Waals surface area contributed by atoms with Gasteiger partial charge in [0.25, 0.3) is 23.6 Å². The smallest absolute Gasteiger partial charge is 0.258 e. The molecular formula is C20H17ClN2O7. The van der Waals surface area contributed by atoms with Crippen LogP contribution in [0.25, 0.3) is 0 Å². The van der Waals surface area contributed by atoms with Gasteiger partial charge in [0.15, 0.2) is 0 Å². The van der Waals surface area contributed by atoms with E-state index in [4.69, 9.17) is 11.6 Å². The standard InChI is InChI=1S/C20H17ClN2O7/c21-13-5-7(24)1-2-9(13)14-8-3-4-10-15(19(27)22(29)17(10)25)11(8)6-12-16(14)20(28)23(30)18(12)26/h1-3,5,10-12,14-16,24,29-30H,4,6H2/t10-,11+,12+,14+,15-,16+/m0/s1. The highest BCUT2D eigenvalue weighted by atomic mass is 35.5. The number of benzene rings is 1. The number of carbonyl (C=O) groups is 4. The second kappa shape index (κ2) is 6.37. The van der Waals surface area contributed by atoms with Gasteiger partial charge < -0.3 is 5.11 Å². The van der Waals surface area contributed by atoms with Crippen molar-refractivity contribution in [3.8, 4) is 5.75 Å². The lowest BCUT2D eigenvalue weighted by molar-refractivity contribution is -0.174. The Hall–Kier alpha value is -2.75. The highest BCUT2D eigenvalue weighted by Crippen LogP contribution is 2.58.